The Morgan fingerprint density at radius 3 is 2.58 bits per heavy atom. The molecule has 100 valence electrons. The standard InChI is InChI=1S/C12H15FN6/c1-7-5-4-6-8(13)9(7)15-11-16-10(14)17-12(18-11)19(2)3/h4-6H,1-3H3,(H3,14,15,16,17,18). The van der Waals surface area contributed by atoms with Crippen LogP contribution in [0.1, 0.15) is 5.56 Å². The lowest BCUT2D eigenvalue weighted by Gasteiger charge is -2.13. The van der Waals surface area contributed by atoms with E-state index in [1.54, 1.807) is 38.1 Å². The van der Waals surface area contributed by atoms with Crippen molar-refractivity contribution >= 4 is 23.5 Å². The molecule has 0 amide bonds. The van der Waals surface area contributed by atoms with Gasteiger partial charge in [0, 0.05) is 14.1 Å². The highest BCUT2D eigenvalue weighted by molar-refractivity contribution is 5.60. The van der Waals surface area contributed by atoms with Gasteiger partial charge in [-0.05, 0) is 18.6 Å². The van der Waals surface area contributed by atoms with E-state index in [2.05, 4.69) is 20.3 Å². The van der Waals surface area contributed by atoms with Gasteiger partial charge in [0.05, 0.1) is 5.69 Å². The van der Waals surface area contributed by atoms with E-state index in [1.807, 2.05) is 0 Å². The van der Waals surface area contributed by atoms with Crippen LogP contribution in [0.25, 0.3) is 0 Å². The number of aromatic nitrogens is 3. The van der Waals surface area contributed by atoms with Crippen molar-refractivity contribution in [2.24, 2.45) is 0 Å². The van der Waals surface area contributed by atoms with Gasteiger partial charge in [0.2, 0.25) is 17.8 Å². The SMILES string of the molecule is Cc1cccc(F)c1Nc1nc(N)nc(N(C)C)n1. The Morgan fingerprint density at radius 1 is 1.21 bits per heavy atom. The maximum Gasteiger partial charge on any atom is 0.233 e. The molecule has 0 aliphatic rings. The molecule has 7 heteroatoms. The molecule has 0 aliphatic heterocycles. The zero-order valence-electron chi connectivity index (χ0n) is 11.0. The summed E-state index contributed by atoms with van der Waals surface area (Å²) < 4.78 is 13.7. The Kier molecular flexibility index (Phi) is 3.46. The summed E-state index contributed by atoms with van der Waals surface area (Å²) in [6, 6.07) is 4.80. The molecular weight excluding hydrogens is 247 g/mol. The van der Waals surface area contributed by atoms with Crippen molar-refractivity contribution in [2.75, 3.05) is 30.0 Å². The van der Waals surface area contributed by atoms with Gasteiger partial charge in [-0.15, -0.1) is 0 Å². The van der Waals surface area contributed by atoms with E-state index in [1.165, 1.54) is 6.07 Å². The minimum atomic E-state index is -0.370. The smallest absolute Gasteiger partial charge is 0.233 e. The highest BCUT2D eigenvalue weighted by Crippen LogP contribution is 2.22. The molecule has 1 heterocycles. The molecule has 6 nitrogen and oxygen atoms in total. The molecule has 0 saturated heterocycles. The normalized spacial score (nSPS) is 10.3. The fourth-order valence-corrected chi connectivity index (χ4v) is 1.54. The number of anilines is 4. The molecule has 2 aromatic rings. The summed E-state index contributed by atoms with van der Waals surface area (Å²) in [7, 11) is 3.57. The number of hydrogen-bond donors (Lipinski definition) is 2. The molecular formula is C12H15FN6. The Balaban J connectivity index is 2.38. The van der Waals surface area contributed by atoms with Crippen LogP contribution in [-0.2, 0) is 0 Å². The third kappa shape index (κ3) is 2.87. The van der Waals surface area contributed by atoms with Gasteiger partial charge in [-0.25, -0.2) is 4.39 Å². The molecule has 0 fully saturated rings. The number of nitrogens with one attached hydrogen (secondary N) is 1. The van der Waals surface area contributed by atoms with Gasteiger partial charge in [-0.2, -0.15) is 15.0 Å². The van der Waals surface area contributed by atoms with Crippen LogP contribution in [-0.4, -0.2) is 29.0 Å². The molecule has 0 atom stereocenters. The number of nitrogens with two attached hydrogens (primary N) is 1. The van der Waals surface area contributed by atoms with E-state index >= 15 is 0 Å². The van der Waals surface area contributed by atoms with E-state index in [9.17, 15) is 4.39 Å². The van der Waals surface area contributed by atoms with Crippen molar-refractivity contribution in [1.29, 1.82) is 0 Å². The van der Waals surface area contributed by atoms with E-state index in [0.29, 0.717) is 11.6 Å². The number of benzene rings is 1. The average molecular weight is 262 g/mol. The first-order chi connectivity index (χ1) is 8.97. The maximum atomic E-state index is 13.7. The molecule has 1 aromatic heterocycles. The lowest BCUT2D eigenvalue weighted by atomic mass is 10.2. The second-order valence-corrected chi connectivity index (χ2v) is 4.27. The summed E-state index contributed by atoms with van der Waals surface area (Å²) >= 11 is 0. The van der Waals surface area contributed by atoms with Crippen molar-refractivity contribution in [3.63, 3.8) is 0 Å². The summed E-state index contributed by atoms with van der Waals surface area (Å²) in [6.07, 6.45) is 0. The molecule has 0 radical (unpaired) electrons. The second kappa shape index (κ2) is 5.05. The van der Waals surface area contributed by atoms with Crippen molar-refractivity contribution in [3.8, 4) is 0 Å². The third-order valence-electron chi connectivity index (χ3n) is 2.50. The number of aryl methyl sites for hydroxylation is 1. The van der Waals surface area contributed by atoms with E-state index < -0.39 is 0 Å². The lowest BCUT2D eigenvalue weighted by Crippen LogP contribution is -2.16. The molecule has 0 saturated carbocycles. The van der Waals surface area contributed by atoms with Gasteiger partial charge in [0.15, 0.2) is 0 Å². The Labute approximate surface area is 110 Å². The van der Waals surface area contributed by atoms with E-state index in [4.69, 9.17) is 5.73 Å². The van der Waals surface area contributed by atoms with Gasteiger partial charge in [-0.1, -0.05) is 12.1 Å². The van der Waals surface area contributed by atoms with Gasteiger partial charge >= 0.3 is 0 Å². The summed E-state index contributed by atoms with van der Waals surface area (Å²) in [4.78, 5) is 13.8. The molecule has 0 unspecified atom stereocenters. The van der Waals surface area contributed by atoms with Crippen LogP contribution < -0.4 is 16.0 Å². The monoisotopic (exact) mass is 262 g/mol. The molecule has 0 spiro atoms. The predicted molar refractivity (Wildman–Crippen MR) is 73.0 cm³/mol. The van der Waals surface area contributed by atoms with Gasteiger partial charge < -0.3 is 16.0 Å². The Hall–Kier alpha value is -2.44. The van der Waals surface area contributed by atoms with E-state index in [-0.39, 0.29) is 17.7 Å². The second-order valence-electron chi connectivity index (χ2n) is 4.27. The van der Waals surface area contributed by atoms with Gasteiger partial charge in [0.1, 0.15) is 5.82 Å². The van der Waals surface area contributed by atoms with Crippen molar-refractivity contribution in [3.05, 3.63) is 29.6 Å². The zero-order chi connectivity index (χ0) is 14.0. The van der Waals surface area contributed by atoms with Crippen LogP contribution >= 0.6 is 0 Å². The summed E-state index contributed by atoms with van der Waals surface area (Å²) in [5, 5.41) is 2.83. The van der Waals surface area contributed by atoms with Crippen LogP contribution in [0.4, 0.5) is 27.9 Å². The van der Waals surface area contributed by atoms with Crippen molar-refractivity contribution in [1.82, 2.24) is 15.0 Å². The van der Waals surface area contributed by atoms with E-state index in [0.717, 1.165) is 5.56 Å². The number of hydrogen-bond acceptors (Lipinski definition) is 6. The first kappa shape index (κ1) is 13.0. The number of nitrogen functional groups attached to an aromatic ring is 1. The molecule has 0 bridgehead atoms. The third-order valence-corrected chi connectivity index (χ3v) is 2.50. The van der Waals surface area contributed by atoms with Crippen LogP contribution in [0.5, 0.6) is 0 Å². The maximum absolute atomic E-state index is 13.7. The number of nitrogens with zero attached hydrogens (tertiary/aromatic N) is 4. The minimum absolute atomic E-state index is 0.0789. The van der Waals surface area contributed by atoms with Gasteiger partial charge in [-0.3, -0.25) is 0 Å². The quantitative estimate of drug-likeness (QED) is 0.876. The van der Waals surface area contributed by atoms with Gasteiger partial charge in [0.25, 0.3) is 0 Å². The van der Waals surface area contributed by atoms with Crippen molar-refractivity contribution < 1.29 is 4.39 Å². The minimum Gasteiger partial charge on any atom is -0.368 e. The first-order valence-electron chi connectivity index (χ1n) is 5.68. The summed E-state index contributed by atoms with van der Waals surface area (Å²) in [5.74, 6) is 0.328. The number of rotatable bonds is 3. The van der Waals surface area contributed by atoms with Crippen LogP contribution in [0.3, 0.4) is 0 Å². The fourth-order valence-electron chi connectivity index (χ4n) is 1.54. The van der Waals surface area contributed by atoms with Crippen LogP contribution in [0, 0.1) is 12.7 Å². The highest BCUT2D eigenvalue weighted by Gasteiger charge is 2.10. The highest BCUT2D eigenvalue weighted by atomic mass is 19.1. The molecule has 2 rings (SSSR count). The largest absolute Gasteiger partial charge is 0.368 e. The molecule has 3 N–H and O–H groups in total. The molecule has 19 heavy (non-hydrogen) atoms. The Bertz CT molecular complexity index is 579. The zero-order valence-corrected chi connectivity index (χ0v) is 11.0. The first-order valence-corrected chi connectivity index (χ1v) is 5.68. The lowest BCUT2D eigenvalue weighted by molar-refractivity contribution is 0.630. The topological polar surface area (TPSA) is 80.0 Å². The van der Waals surface area contributed by atoms with Crippen molar-refractivity contribution in [2.45, 2.75) is 6.92 Å². The molecule has 0 aliphatic carbocycles. The number of para-hydroxylation sites is 1. The average Bonchev–Trinajstić information content (AvgIpc) is 2.33. The Morgan fingerprint density at radius 2 is 1.95 bits per heavy atom. The van der Waals surface area contributed by atoms with Crippen LogP contribution in [0.2, 0.25) is 0 Å². The predicted octanol–water partition coefficient (Wildman–Crippen LogP) is 1.71. The molecule has 1 aromatic carbocycles. The summed E-state index contributed by atoms with van der Waals surface area (Å²) in [5.41, 5.74) is 6.69. The fraction of sp³-hybridized carbons (Fsp3) is 0.250. The number of halogens is 1. The van der Waals surface area contributed by atoms with Crippen LogP contribution in [0.15, 0.2) is 18.2 Å². The summed E-state index contributed by atoms with van der Waals surface area (Å²) in [6.45, 7) is 1.79.